The summed E-state index contributed by atoms with van der Waals surface area (Å²) in [6.07, 6.45) is 8.23. The third kappa shape index (κ3) is 4.88. The van der Waals surface area contributed by atoms with Gasteiger partial charge in [0.25, 0.3) is 0 Å². The molecule has 0 atom stereocenters. The van der Waals surface area contributed by atoms with Crippen LogP contribution < -0.4 is 14.8 Å². The first-order valence-corrected chi connectivity index (χ1v) is 7.18. The van der Waals surface area contributed by atoms with Crippen LogP contribution in [0.25, 0.3) is 0 Å². The maximum absolute atomic E-state index is 11.1. The number of rotatable bonds is 8. The lowest BCUT2D eigenvalue weighted by Crippen LogP contribution is -2.28. The topological polar surface area (TPSA) is 81.3 Å². The Balaban J connectivity index is 2.65. The molecule has 1 rings (SSSR count). The lowest BCUT2D eigenvalue weighted by atomic mass is 10.1. The van der Waals surface area contributed by atoms with Gasteiger partial charge < -0.3 is 10.5 Å². The van der Waals surface area contributed by atoms with E-state index in [0.29, 0.717) is 17.4 Å². The summed E-state index contributed by atoms with van der Waals surface area (Å²) in [5.74, 6) is 1.01. The van der Waals surface area contributed by atoms with Gasteiger partial charge in [0.15, 0.2) is 0 Å². The number of hydrogen-bond donors (Lipinski definition) is 2. The van der Waals surface area contributed by atoms with E-state index in [1.807, 2.05) is 0 Å². The molecule has 1 aromatic heterocycles. The predicted molar refractivity (Wildman–Crippen MR) is 82.1 cm³/mol. The van der Waals surface area contributed by atoms with E-state index in [9.17, 15) is 4.79 Å². The van der Waals surface area contributed by atoms with E-state index in [2.05, 4.69) is 29.7 Å². The largest absolute Gasteiger partial charge is 0.479 e. The first-order chi connectivity index (χ1) is 9.60. The molecular formula is C13H22N4O2S. The van der Waals surface area contributed by atoms with Crippen molar-refractivity contribution in [3.63, 3.8) is 0 Å². The molecule has 7 heteroatoms. The monoisotopic (exact) mass is 298 g/mol. The molecule has 1 aromatic rings. The zero-order valence-corrected chi connectivity index (χ0v) is 12.9. The fourth-order valence-corrected chi connectivity index (χ4v) is 1.95. The molecule has 2 amide bonds. The van der Waals surface area contributed by atoms with Crippen molar-refractivity contribution in [1.82, 2.24) is 9.97 Å². The molecule has 0 bridgehead atoms. The standard InChI is InChI=1S/C13H22N4O2S/c1-3-4-5-6-7-8-11-15-9-10(12(16-11)19-2)17(20)13(14)18/h9,20H,3-8H2,1-2H3,(H2,14,18). The van der Waals surface area contributed by atoms with Crippen molar-refractivity contribution < 1.29 is 9.53 Å². The third-order valence-electron chi connectivity index (χ3n) is 2.92. The summed E-state index contributed by atoms with van der Waals surface area (Å²) in [7, 11) is 1.49. The quantitative estimate of drug-likeness (QED) is 0.571. The Morgan fingerprint density at radius 2 is 2.10 bits per heavy atom. The summed E-state index contributed by atoms with van der Waals surface area (Å²) in [5.41, 5.74) is 5.50. The van der Waals surface area contributed by atoms with Crippen LogP contribution in [0, 0.1) is 0 Å². The average molecular weight is 298 g/mol. The van der Waals surface area contributed by atoms with Gasteiger partial charge >= 0.3 is 6.03 Å². The number of nitrogens with zero attached hydrogens (tertiary/aromatic N) is 3. The van der Waals surface area contributed by atoms with E-state index < -0.39 is 6.03 Å². The van der Waals surface area contributed by atoms with Crippen LogP contribution in [-0.2, 0) is 6.42 Å². The van der Waals surface area contributed by atoms with Crippen molar-refractivity contribution in [3.8, 4) is 5.88 Å². The number of methoxy groups -OCH3 is 1. The number of nitrogens with two attached hydrogens (primary N) is 1. The van der Waals surface area contributed by atoms with E-state index in [-0.39, 0.29) is 0 Å². The molecule has 6 nitrogen and oxygen atoms in total. The number of urea groups is 1. The van der Waals surface area contributed by atoms with Gasteiger partial charge in [-0.2, -0.15) is 4.98 Å². The van der Waals surface area contributed by atoms with Crippen molar-refractivity contribution in [2.45, 2.75) is 45.4 Å². The summed E-state index contributed by atoms with van der Waals surface area (Å²) in [5, 5.41) is 0. The van der Waals surface area contributed by atoms with Crippen LogP contribution >= 0.6 is 12.8 Å². The number of primary amides is 1. The number of carbonyl (C=O) groups is 1. The Labute approximate surface area is 125 Å². The molecule has 0 fully saturated rings. The Hall–Kier alpha value is -1.50. The number of carbonyl (C=O) groups excluding carboxylic acids is 1. The fraction of sp³-hybridized carbons (Fsp3) is 0.615. The maximum atomic E-state index is 11.1. The second-order valence-electron chi connectivity index (χ2n) is 4.50. The van der Waals surface area contributed by atoms with Crippen molar-refractivity contribution in [1.29, 1.82) is 0 Å². The molecule has 0 saturated heterocycles. The first-order valence-electron chi connectivity index (χ1n) is 6.78. The lowest BCUT2D eigenvalue weighted by molar-refractivity contribution is 0.257. The number of amides is 2. The highest BCUT2D eigenvalue weighted by atomic mass is 32.1. The van der Waals surface area contributed by atoms with Gasteiger partial charge in [-0.3, -0.25) is 0 Å². The number of unbranched alkanes of at least 4 members (excludes halogenated alkanes) is 4. The number of thiol groups is 1. The van der Waals surface area contributed by atoms with Gasteiger partial charge in [0, 0.05) is 6.42 Å². The molecule has 1 heterocycles. The number of anilines is 1. The molecule has 20 heavy (non-hydrogen) atoms. The molecule has 0 aliphatic carbocycles. The Kier molecular flexibility index (Phi) is 7.14. The minimum absolute atomic E-state index is 0.303. The zero-order valence-electron chi connectivity index (χ0n) is 12.0. The minimum atomic E-state index is -0.706. The van der Waals surface area contributed by atoms with Crippen LogP contribution in [0.1, 0.15) is 44.9 Å². The summed E-state index contributed by atoms with van der Waals surface area (Å²) in [6, 6.07) is -0.706. The number of hydrogen-bond acceptors (Lipinski definition) is 5. The van der Waals surface area contributed by atoms with Crippen molar-refractivity contribution in [2.24, 2.45) is 5.73 Å². The molecule has 0 radical (unpaired) electrons. The molecule has 0 aromatic carbocycles. The van der Waals surface area contributed by atoms with E-state index in [4.69, 9.17) is 10.5 Å². The molecule has 0 aliphatic rings. The zero-order chi connectivity index (χ0) is 15.0. The Morgan fingerprint density at radius 1 is 1.40 bits per heavy atom. The third-order valence-corrected chi connectivity index (χ3v) is 3.33. The summed E-state index contributed by atoms with van der Waals surface area (Å²) in [4.78, 5) is 19.6. The van der Waals surface area contributed by atoms with Gasteiger partial charge in [0.05, 0.1) is 13.3 Å². The van der Waals surface area contributed by atoms with E-state index in [1.54, 1.807) is 0 Å². The molecule has 0 aliphatic heterocycles. The van der Waals surface area contributed by atoms with Crippen molar-refractivity contribution in [2.75, 3.05) is 11.4 Å². The smallest absolute Gasteiger partial charge is 0.329 e. The predicted octanol–water partition coefficient (Wildman–Crippen LogP) is 2.73. The summed E-state index contributed by atoms with van der Waals surface area (Å²) < 4.78 is 6.11. The second-order valence-corrected chi connectivity index (χ2v) is 4.90. The highest BCUT2D eigenvalue weighted by Gasteiger charge is 2.16. The number of ether oxygens (including phenoxy) is 1. The van der Waals surface area contributed by atoms with Crippen molar-refractivity contribution >= 4 is 24.5 Å². The van der Waals surface area contributed by atoms with Crippen LogP contribution in [0.2, 0.25) is 0 Å². The highest BCUT2D eigenvalue weighted by molar-refractivity contribution is 7.82. The summed E-state index contributed by atoms with van der Waals surface area (Å²) >= 11 is 3.98. The maximum Gasteiger partial charge on any atom is 0.329 e. The van der Waals surface area contributed by atoms with E-state index in [1.165, 1.54) is 39.0 Å². The molecular weight excluding hydrogens is 276 g/mol. The van der Waals surface area contributed by atoms with Gasteiger partial charge in [0.1, 0.15) is 11.5 Å². The van der Waals surface area contributed by atoms with E-state index >= 15 is 0 Å². The molecule has 0 unspecified atom stereocenters. The summed E-state index contributed by atoms with van der Waals surface area (Å²) in [6.45, 7) is 2.19. The van der Waals surface area contributed by atoms with Gasteiger partial charge in [0.2, 0.25) is 5.88 Å². The Morgan fingerprint density at radius 3 is 2.70 bits per heavy atom. The molecule has 112 valence electrons. The Bertz CT molecular complexity index is 442. The normalized spacial score (nSPS) is 10.3. The second kappa shape index (κ2) is 8.63. The van der Waals surface area contributed by atoms with E-state index in [0.717, 1.165) is 17.1 Å². The van der Waals surface area contributed by atoms with Crippen LogP contribution in [0.15, 0.2) is 6.20 Å². The molecule has 2 N–H and O–H groups in total. The van der Waals surface area contributed by atoms with Gasteiger partial charge in [-0.05, 0) is 6.42 Å². The fourth-order valence-electron chi connectivity index (χ4n) is 1.82. The van der Waals surface area contributed by atoms with Gasteiger partial charge in [-0.25, -0.2) is 14.1 Å². The van der Waals surface area contributed by atoms with Gasteiger partial charge in [-0.15, -0.1) is 0 Å². The lowest BCUT2D eigenvalue weighted by Gasteiger charge is -2.15. The van der Waals surface area contributed by atoms with Crippen LogP contribution in [0.4, 0.5) is 10.5 Å². The minimum Gasteiger partial charge on any atom is -0.479 e. The highest BCUT2D eigenvalue weighted by Crippen LogP contribution is 2.26. The SMILES string of the molecule is CCCCCCCc1ncc(N(S)C(N)=O)c(OC)n1. The molecule has 0 spiro atoms. The van der Waals surface area contributed by atoms with Crippen LogP contribution in [0.3, 0.4) is 0 Å². The number of aryl methyl sites for hydroxylation is 1. The first kappa shape index (κ1) is 16.6. The molecule has 0 saturated carbocycles. The van der Waals surface area contributed by atoms with Gasteiger partial charge in [-0.1, -0.05) is 45.4 Å². The van der Waals surface area contributed by atoms with Crippen LogP contribution in [-0.4, -0.2) is 23.1 Å². The number of aromatic nitrogens is 2. The van der Waals surface area contributed by atoms with Crippen LogP contribution in [0.5, 0.6) is 5.88 Å². The van der Waals surface area contributed by atoms with Crippen molar-refractivity contribution in [3.05, 3.63) is 12.0 Å². The average Bonchev–Trinajstić information content (AvgIpc) is 2.46.